The highest BCUT2D eigenvalue weighted by Crippen LogP contribution is 2.28. The predicted molar refractivity (Wildman–Crippen MR) is 115 cm³/mol. The Kier molecular flexibility index (Phi) is 5.08. The summed E-state index contributed by atoms with van der Waals surface area (Å²) in [5.41, 5.74) is 4.10. The first-order valence-corrected chi connectivity index (χ1v) is 9.48. The van der Waals surface area contributed by atoms with Gasteiger partial charge in [0.1, 0.15) is 11.8 Å². The van der Waals surface area contributed by atoms with Crippen molar-refractivity contribution in [1.29, 1.82) is 0 Å². The molecule has 3 aromatic carbocycles. The Hall–Kier alpha value is -3.18. The van der Waals surface area contributed by atoms with E-state index in [1.54, 1.807) is 7.11 Å². The van der Waals surface area contributed by atoms with Gasteiger partial charge in [0.25, 0.3) is 5.91 Å². The number of carbonyl (C=O) groups excluding carboxylic acids is 1. The van der Waals surface area contributed by atoms with Crippen molar-refractivity contribution in [2.45, 2.75) is 12.5 Å². The van der Waals surface area contributed by atoms with Gasteiger partial charge in [-0.2, -0.15) is 0 Å². The summed E-state index contributed by atoms with van der Waals surface area (Å²) in [7, 11) is 1.61. The molecule has 4 rings (SSSR count). The fourth-order valence-electron chi connectivity index (χ4n) is 3.34. The molecule has 0 aromatic heterocycles. The van der Waals surface area contributed by atoms with Crippen LogP contribution in [0, 0.1) is 0 Å². The summed E-state index contributed by atoms with van der Waals surface area (Å²) in [6, 6.07) is 25.3. The van der Waals surface area contributed by atoms with E-state index in [4.69, 9.17) is 17.0 Å². The number of rotatable bonds is 5. The second-order valence-corrected chi connectivity index (χ2v) is 7.04. The van der Waals surface area contributed by atoms with Crippen LogP contribution in [-0.4, -0.2) is 18.1 Å². The molecule has 1 N–H and O–H groups in total. The monoisotopic (exact) mass is 388 g/mol. The molecule has 0 spiro atoms. The Labute approximate surface area is 169 Å². The van der Waals surface area contributed by atoms with Gasteiger partial charge in [-0.1, -0.05) is 54.6 Å². The lowest BCUT2D eigenvalue weighted by atomic mass is 10.0. The molecule has 1 amide bonds. The topological polar surface area (TPSA) is 41.6 Å². The summed E-state index contributed by atoms with van der Waals surface area (Å²) in [4.78, 5) is 14.5. The lowest BCUT2D eigenvalue weighted by molar-refractivity contribution is -0.118. The number of nitrogens with one attached hydrogen (secondary N) is 1. The predicted octanol–water partition coefficient (Wildman–Crippen LogP) is 4.25. The molecular weight excluding hydrogens is 368 g/mol. The zero-order valence-electron chi connectivity index (χ0n) is 15.5. The maximum absolute atomic E-state index is 13.0. The lowest BCUT2D eigenvalue weighted by Gasteiger charge is -2.15. The molecule has 28 heavy (non-hydrogen) atoms. The standard InChI is InChI=1S/C23H20N2O2S/c1-27-20-13-11-19(12-14-20)25-22(26)21(24-23(25)28)18-9-7-17(8-10-18)15-16-5-3-2-4-6-16/h2-14,21H,15H2,1H3,(H,24,28). The van der Waals surface area contributed by atoms with Gasteiger partial charge < -0.3 is 10.1 Å². The molecule has 140 valence electrons. The fraction of sp³-hybridized carbons (Fsp3) is 0.130. The van der Waals surface area contributed by atoms with Crippen molar-refractivity contribution < 1.29 is 9.53 Å². The maximum Gasteiger partial charge on any atom is 0.260 e. The SMILES string of the molecule is COc1ccc(N2C(=O)C(c3ccc(Cc4ccccc4)cc3)NC2=S)cc1. The van der Waals surface area contributed by atoms with Crippen LogP contribution in [0.4, 0.5) is 5.69 Å². The van der Waals surface area contributed by atoms with E-state index in [1.165, 1.54) is 16.0 Å². The van der Waals surface area contributed by atoms with Gasteiger partial charge >= 0.3 is 0 Å². The van der Waals surface area contributed by atoms with Crippen LogP contribution in [0.5, 0.6) is 5.75 Å². The van der Waals surface area contributed by atoms with Crippen LogP contribution in [0.15, 0.2) is 78.9 Å². The number of hydrogen-bond acceptors (Lipinski definition) is 3. The van der Waals surface area contributed by atoms with Crippen LogP contribution in [0.1, 0.15) is 22.7 Å². The molecule has 3 aromatic rings. The van der Waals surface area contributed by atoms with Crippen LogP contribution in [-0.2, 0) is 11.2 Å². The smallest absolute Gasteiger partial charge is 0.260 e. The Morgan fingerprint density at radius 2 is 1.57 bits per heavy atom. The number of thiocarbonyl (C=S) groups is 1. The van der Waals surface area contributed by atoms with Crippen LogP contribution in [0.2, 0.25) is 0 Å². The van der Waals surface area contributed by atoms with E-state index in [0.717, 1.165) is 23.4 Å². The van der Waals surface area contributed by atoms with E-state index in [2.05, 4.69) is 29.6 Å². The number of hydrogen-bond donors (Lipinski definition) is 1. The minimum atomic E-state index is -0.472. The van der Waals surface area contributed by atoms with Crippen molar-refractivity contribution in [1.82, 2.24) is 5.32 Å². The molecule has 1 unspecified atom stereocenters. The molecule has 0 bridgehead atoms. The van der Waals surface area contributed by atoms with Crippen molar-refractivity contribution in [2.75, 3.05) is 12.0 Å². The second-order valence-electron chi connectivity index (χ2n) is 6.66. The van der Waals surface area contributed by atoms with E-state index >= 15 is 0 Å². The minimum absolute atomic E-state index is 0.0778. The van der Waals surface area contributed by atoms with E-state index < -0.39 is 6.04 Å². The number of methoxy groups -OCH3 is 1. The highest BCUT2D eigenvalue weighted by molar-refractivity contribution is 7.80. The van der Waals surface area contributed by atoms with Gasteiger partial charge in [-0.15, -0.1) is 0 Å². The van der Waals surface area contributed by atoms with Crippen molar-refractivity contribution in [3.8, 4) is 5.75 Å². The Balaban J connectivity index is 1.51. The van der Waals surface area contributed by atoms with Gasteiger partial charge in [0.15, 0.2) is 5.11 Å². The van der Waals surface area contributed by atoms with Crippen LogP contribution in [0.25, 0.3) is 0 Å². The van der Waals surface area contributed by atoms with Crippen molar-refractivity contribution in [3.05, 3.63) is 95.6 Å². The number of anilines is 1. The van der Waals surface area contributed by atoms with Crippen molar-refractivity contribution in [2.24, 2.45) is 0 Å². The highest BCUT2D eigenvalue weighted by Gasteiger charge is 2.37. The normalized spacial score (nSPS) is 16.2. The number of benzene rings is 3. The lowest BCUT2D eigenvalue weighted by Crippen LogP contribution is -2.30. The average molecular weight is 388 g/mol. The fourth-order valence-corrected chi connectivity index (χ4v) is 3.65. The van der Waals surface area contributed by atoms with Crippen LogP contribution in [0.3, 0.4) is 0 Å². The molecule has 1 atom stereocenters. The van der Waals surface area contributed by atoms with Gasteiger partial charge in [0.2, 0.25) is 0 Å². The van der Waals surface area contributed by atoms with Crippen molar-refractivity contribution >= 4 is 28.9 Å². The molecule has 1 aliphatic rings. The summed E-state index contributed by atoms with van der Waals surface area (Å²) < 4.78 is 5.18. The van der Waals surface area contributed by atoms with Crippen LogP contribution >= 0.6 is 12.2 Å². The van der Waals surface area contributed by atoms with E-state index in [1.807, 2.05) is 54.6 Å². The zero-order valence-corrected chi connectivity index (χ0v) is 16.3. The van der Waals surface area contributed by atoms with Gasteiger partial charge in [-0.3, -0.25) is 9.69 Å². The first-order valence-electron chi connectivity index (χ1n) is 9.07. The average Bonchev–Trinajstić information content (AvgIpc) is 3.03. The summed E-state index contributed by atoms with van der Waals surface area (Å²) >= 11 is 5.41. The molecular formula is C23H20N2O2S. The number of carbonyl (C=O) groups is 1. The molecule has 0 radical (unpaired) electrons. The quantitative estimate of drug-likeness (QED) is 0.664. The maximum atomic E-state index is 13.0. The summed E-state index contributed by atoms with van der Waals surface area (Å²) in [5.74, 6) is 0.658. The minimum Gasteiger partial charge on any atom is -0.497 e. The molecule has 5 heteroatoms. The van der Waals surface area contributed by atoms with Gasteiger partial charge in [-0.25, -0.2) is 0 Å². The van der Waals surface area contributed by atoms with Crippen molar-refractivity contribution in [3.63, 3.8) is 0 Å². The number of amides is 1. The molecule has 0 saturated carbocycles. The number of nitrogens with zero attached hydrogens (tertiary/aromatic N) is 1. The van der Waals surface area contributed by atoms with E-state index in [0.29, 0.717) is 5.11 Å². The van der Waals surface area contributed by atoms with Gasteiger partial charge in [-0.05, 0) is 59.6 Å². The molecule has 0 aliphatic carbocycles. The van der Waals surface area contributed by atoms with Gasteiger partial charge in [0.05, 0.1) is 12.8 Å². The Morgan fingerprint density at radius 1 is 0.929 bits per heavy atom. The number of ether oxygens (including phenoxy) is 1. The Morgan fingerprint density at radius 3 is 2.21 bits per heavy atom. The zero-order chi connectivity index (χ0) is 19.5. The highest BCUT2D eigenvalue weighted by atomic mass is 32.1. The van der Waals surface area contributed by atoms with E-state index in [-0.39, 0.29) is 5.91 Å². The van der Waals surface area contributed by atoms with E-state index in [9.17, 15) is 4.79 Å². The molecule has 4 nitrogen and oxygen atoms in total. The third-order valence-corrected chi connectivity index (χ3v) is 5.13. The van der Waals surface area contributed by atoms with Crippen LogP contribution < -0.4 is 15.0 Å². The molecule has 1 saturated heterocycles. The van der Waals surface area contributed by atoms with Gasteiger partial charge in [0, 0.05) is 0 Å². The summed E-state index contributed by atoms with van der Waals surface area (Å²) in [5, 5.41) is 3.55. The largest absolute Gasteiger partial charge is 0.497 e. The molecule has 1 heterocycles. The first kappa shape index (κ1) is 18.2. The molecule has 1 aliphatic heterocycles. The first-order chi connectivity index (χ1) is 13.7. The summed E-state index contributed by atoms with van der Waals surface area (Å²) in [6.07, 6.45) is 0.865. The third-order valence-electron chi connectivity index (χ3n) is 4.83. The summed E-state index contributed by atoms with van der Waals surface area (Å²) in [6.45, 7) is 0. The second kappa shape index (κ2) is 7.82. The Bertz CT molecular complexity index is 985. The molecule has 1 fully saturated rings. The third kappa shape index (κ3) is 3.62.